The smallest absolute Gasteiger partial charge is 0.0108 e. The Morgan fingerprint density at radius 1 is 1.25 bits per heavy atom. The molecule has 0 aliphatic rings. The zero-order valence-corrected chi connectivity index (χ0v) is 5.00. The highest BCUT2D eigenvalue weighted by atomic mass is 35.7. The zero-order chi connectivity index (χ0) is 4.00. The van der Waals surface area contributed by atoms with Gasteiger partial charge in [-0.1, -0.05) is 0 Å². The first kappa shape index (κ1) is 8.89. The lowest BCUT2D eigenvalue weighted by Crippen LogP contribution is -0.852. The first-order valence-corrected chi connectivity index (χ1v) is 3.10. The molecule has 0 bridgehead atoms. The van der Waals surface area contributed by atoms with Gasteiger partial charge < -0.3 is 0 Å². The topological polar surface area (TPSA) is 0 Å². The van der Waals surface area contributed by atoms with Crippen molar-refractivity contribution < 1.29 is 0 Å². The van der Waals surface area contributed by atoms with Crippen molar-refractivity contribution in [2.45, 2.75) is 0 Å². The molecule has 0 N–H and O–H groups in total. The van der Waals surface area contributed by atoms with E-state index >= 15 is 0 Å². The number of halogens is 2. The van der Waals surface area contributed by atoms with Crippen LogP contribution in [0, 0.1) is 0 Å². The molecule has 0 amide bonds. The number of rotatable bonds is 0. The van der Waals surface area contributed by atoms with Gasteiger partial charge in [0.15, 0.2) is 0 Å². The highest BCUT2D eigenvalue weighted by Gasteiger charge is 0.943. The van der Waals surface area contributed by atoms with Crippen molar-refractivity contribution in [2.75, 3.05) is 6.38 Å². The summed E-state index contributed by atoms with van der Waals surface area (Å²) in [6.07, 6.45) is 1.47. The molecular formula is CH5Cl2P. The number of hydrogen-bond acceptors (Lipinski definition) is 0. The van der Waals surface area contributed by atoms with E-state index in [4.69, 9.17) is 0 Å². The van der Waals surface area contributed by atoms with Crippen LogP contribution in [0.15, 0.2) is 0 Å². The first-order valence-electron chi connectivity index (χ1n) is 0.596. The van der Waals surface area contributed by atoms with Gasteiger partial charge in [-0.15, -0.1) is 22.8 Å². The summed E-state index contributed by atoms with van der Waals surface area (Å²) in [6.45, 7) is 0. The van der Waals surface area contributed by atoms with Crippen LogP contribution in [0.4, 0.5) is 0 Å². The lowest BCUT2D eigenvalue weighted by molar-refractivity contribution is 2.46. The predicted molar refractivity (Wildman–Crippen MR) is 27.3 cm³/mol. The summed E-state index contributed by atoms with van der Waals surface area (Å²) >= 11 is 9.19. The molecular weight excluding hydrogens is 114 g/mol. The molecule has 28 valence electrons. The fourth-order valence-electron chi connectivity index (χ4n) is 0. The van der Waals surface area contributed by atoms with Gasteiger partial charge in [-0.05, 0) is 8.59 Å². The molecule has 0 rings (SSSR count). The fraction of sp³-hybridized carbons (Fsp3) is 1.00. The van der Waals surface area contributed by atoms with E-state index in [0.29, 0.717) is 0 Å². The predicted octanol–water partition coefficient (Wildman–Crippen LogP) is 1.87. The molecule has 0 radical (unpaired) electrons. The second-order valence-corrected chi connectivity index (χ2v) is 0. The van der Waals surface area contributed by atoms with Gasteiger partial charge >= 0.3 is 0 Å². The summed E-state index contributed by atoms with van der Waals surface area (Å²) in [4.78, 5) is 0. The second kappa shape index (κ2) is 35.6. The summed E-state index contributed by atoms with van der Waals surface area (Å²) in [5.41, 5.74) is 0. The Labute approximate surface area is 38.5 Å². The molecule has 4 heavy (non-hydrogen) atoms. The van der Waals surface area contributed by atoms with E-state index in [-0.39, 0.29) is 0 Å². The minimum absolute atomic E-state index is 1.47. The quantitative estimate of drug-likeness (QED) is 0.337. The fourth-order valence-corrected chi connectivity index (χ4v) is 0. The second-order valence-electron chi connectivity index (χ2n) is 0. The van der Waals surface area contributed by atoms with E-state index in [1.165, 1.54) is 6.38 Å². The molecule has 0 saturated heterocycles. The van der Waals surface area contributed by atoms with Crippen molar-refractivity contribution >= 4 is 31.4 Å². The summed E-state index contributed by atoms with van der Waals surface area (Å²) in [5.74, 6) is 0. The molecule has 0 aliphatic carbocycles. The van der Waals surface area contributed by atoms with Crippen LogP contribution in [0.1, 0.15) is 0 Å². The average molecular weight is 119 g/mol. The molecule has 0 fully saturated rings. The average Bonchev–Trinajstić information content (AvgIpc) is 1.50. The lowest BCUT2D eigenvalue weighted by atomic mass is 12.0. The molecule has 1 unspecified atom stereocenters. The van der Waals surface area contributed by atoms with Crippen molar-refractivity contribution in [3.05, 3.63) is 0 Å². The Kier molecular flexibility index (Phi) is 79.2. The van der Waals surface area contributed by atoms with Gasteiger partial charge in [-0.3, -0.25) is 0 Å². The zero-order valence-electron chi connectivity index (χ0n) is 2.33. The standard InChI is InChI=1S/CH3Cl.ClH2P/c2*1-2/h1H3;2H2. The molecule has 0 aromatic rings. The molecule has 0 nitrogen and oxygen atoms in total. The monoisotopic (exact) mass is 118 g/mol. The third kappa shape index (κ3) is 11.9. The van der Waals surface area contributed by atoms with Gasteiger partial charge in [0, 0.05) is 6.38 Å². The minimum Gasteiger partial charge on any atom is -0.130 e. The molecule has 0 aromatic heterocycles. The van der Waals surface area contributed by atoms with E-state index in [1.54, 1.807) is 0 Å². The summed E-state index contributed by atoms with van der Waals surface area (Å²) in [6, 6.07) is 0. The molecule has 1 atom stereocenters. The van der Waals surface area contributed by atoms with Crippen LogP contribution in [-0.2, 0) is 0 Å². The molecule has 0 aliphatic heterocycles. The number of alkyl halides is 1. The maximum absolute atomic E-state index is 4.64. The number of hydrogen-bond donors (Lipinski definition) is 0. The maximum Gasteiger partial charge on any atom is 0.0108 e. The van der Waals surface area contributed by atoms with E-state index < -0.39 is 0 Å². The van der Waals surface area contributed by atoms with Crippen molar-refractivity contribution in [1.82, 2.24) is 0 Å². The Hall–Kier alpha value is 1.01. The van der Waals surface area contributed by atoms with E-state index in [1.807, 2.05) is 8.59 Å². The van der Waals surface area contributed by atoms with Crippen LogP contribution in [0.2, 0.25) is 0 Å². The molecule has 0 heterocycles. The van der Waals surface area contributed by atoms with Crippen molar-refractivity contribution in [2.24, 2.45) is 0 Å². The summed E-state index contributed by atoms with van der Waals surface area (Å²) in [5, 5.41) is 0. The van der Waals surface area contributed by atoms with Gasteiger partial charge in [0.1, 0.15) is 0 Å². The lowest BCUT2D eigenvalue weighted by Gasteiger charge is -1.07. The molecule has 3 heteroatoms. The van der Waals surface area contributed by atoms with Gasteiger partial charge in [0.05, 0.1) is 0 Å². The van der Waals surface area contributed by atoms with Crippen molar-refractivity contribution in [1.29, 1.82) is 0 Å². The van der Waals surface area contributed by atoms with Gasteiger partial charge in [0.25, 0.3) is 0 Å². The maximum atomic E-state index is 4.64. The van der Waals surface area contributed by atoms with Crippen molar-refractivity contribution in [3.8, 4) is 0 Å². The van der Waals surface area contributed by atoms with E-state index in [2.05, 4.69) is 22.8 Å². The molecule has 0 aromatic carbocycles. The van der Waals surface area contributed by atoms with Crippen LogP contribution < -0.4 is 0 Å². The van der Waals surface area contributed by atoms with Crippen LogP contribution in [-0.4, -0.2) is 6.38 Å². The molecule has 0 saturated carbocycles. The van der Waals surface area contributed by atoms with E-state index in [0.717, 1.165) is 0 Å². The Morgan fingerprint density at radius 3 is 1.25 bits per heavy atom. The minimum atomic E-state index is 1.47. The van der Waals surface area contributed by atoms with Crippen LogP contribution in [0.3, 0.4) is 0 Å². The summed E-state index contributed by atoms with van der Waals surface area (Å²) < 4.78 is 0. The van der Waals surface area contributed by atoms with Crippen LogP contribution in [0.25, 0.3) is 0 Å². The Balaban J connectivity index is 0. The van der Waals surface area contributed by atoms with Crippen LogP contribution >= 0.6 is 31.4 Å². The third-order valence-corrected chi connectivity index (χ3v) is 0. The van der Waals surface area contributed by atoms with Gasteiger partial charge in [-0.25, -0.2) is 0 Å². The molecule has 0 spiro atoms. The van der Waals surface area contributed by atoms with Crippen molar-refractivity contribution in [3.63, 3.8) is 0 Å². The third-order valence-electron chi connectivity index (χ3n) is 0. The Bertz CT molecular complexity index is 6.00. The largest absolute Gasteiger partial charge is 0.130 e. The van der Waals surface area contributed by atoms with Crippen LogP contribution in [0.5, 0.6) is 0 Å². The Morgan fingerprint density at radius 2 is 1.25 bits per heavy atom. The highest BCUT2D eigenvalue weighted by molar-refractivity contribution is 7.52. The normalized spacial score (nSPS) is 3.00. The van der Waals surface area contributed by atoms with E-state index in [9.17, 15) is 0 Å². The highest BCUT2D eigenvalue weighted by Crippen LogP contribution is 1.78. The summed E-state index contributed by atoms with van der Waals surface area (Å²) in [7, 11) is 1.89. The SMILES string of the molecule is CCl.PCl. The van der Waals surface area contributed by atoms with Gasteiger partial charge in [0.2, 0.25) is 0 Å². The first-order chi connectivity index (χ1) is 2.00. The van der Waals surface area contributed by atoms with Gasteiger partial charge in [-0.2, -0.15) is 0 Å².